The Bertz CT molecular complexity index is 270. The monoisotopic (exact) mass is 226 g/mol. The van der Waals surface area contributed by atoms with Crippen molar-refractivity contribution in [2.75, 3.05) is 19.7 Å². The quantitative estimate of drug-likeness (QED) is 0.820. The molecule has 0 aliphatic carbocycles. The van der Waals surface area contributed by atoms with Gasteiger partial charge in [0.15, 0.2) is 0 Å². The van der Waals surface area contributed by atoms with E-state index in [1.807, 2.05) is 11.6 Å². The van der Waals surface area contributed by atoms with Crippen LogP contribution in [-0.4, -0.2) is 29.8 Å². The number of nitrogens with one attached hydrogen (secondary N) is 1. The van der Waals surface area contributed by atoms with Gasteiger partial charge in [-0.1, -0.05) is 0 Å². The van der Waals surface area contributed by atoms with Gasteiger partial charge in [0.1, 0.15) is 0 Å². The predicted octanol–water partition coefficient (Wildman–Crippen LogP) is 1.61. The van der Waals surface area contributed by atoms with E-state index in [0.29, 0.717) is 11.8 Å². The Kier molecular flexibility index (Phi) is 4.11. The van der Waals surface area contributed by atoms with Gasteiger partial charge in [0, 0.05) is 24.1 Å². The number of thiazole rings is 1. The Hall–Kier alpha value is -0.450. The summed E-state index contributed by atoms with van der Waals surface area (Å²) < 4.78 is 0. The number of hydrogen-bond donors (Lipinski definition) is 2. The van der Waals surface area contributed by atoms with E-state index in [9.17, 15) is 0 Å². The molecule has 0 saturated carbocycles. The summed E-state index contributed by atoms with van der Waals surface area (Å²) in [4.78, 5) is 4.40. The first-order valence-corrected chi connectivity index (χ1v) is 6.50. The lowest BCUT2D eigenvalue weighted by Crippen LogP contribution is -2.31. The van der Waals surface area contributed by atoms with Gasteiger partial charge in [0.2, 0.25) is 0 Å². The van der Waals surface area contributed by atoms with Crippen molar-refractivity contribution in [3.8, 4) is 0 Å². The normalized spacial score (nSPS) is 20.3. The van der Waals surface area contributed by atoms with E-state index in [0.717, 1.165) is 19.5 Å². The summed E-state index contributed by atoms with van der Waals surface area (Å²) in [6.45, 7) is 2.49. The first kappa shape index (κ1) is 11.0. The molecule has 1 aromatic rings. The third-order valence-electron chi connectivity index (χ3n) is 3.16. The number of aliphatic hydroxyl groups excluding tert-OH is 1. The lowest BCUT2D eigenvalue weighted by atomic mass is 9.83. The molecule has 0 aromatic carbocycles. The van der Waals surface area contributed by atoms with Gasteiger partial charge in [0.25, 0.3) is 0 Å². The van der Waals surface area contributed by atoms with Crippen LogP contribution < -0.4 is 5.32 Å². The fourth-order valence-electron chi connectivity index (χ4n) is 2.36. The van der Waals surface area contributed by atoms with Gasteiger partial charge in [-0.25, -0.2) is 4.98 Å². The van der Waals surface area contributed by atoms with Crippen LogP contribution in [0.15, 0.2) is 11.6 Å². The molecule has 0 radical (unpaired) electrons. The van der Waals surface area contributed by atoms with Gasteiger partial charge >= 0.3 is 0 Å². The molecule has 0 spiro atoms. The lowest BCUT2D eigenvalue weighted by Gasteiger charge is -2.29. The Balaban J connectivity index is 2.04. The summed E-state index contributed by atoms with van der Waals surface area (Å²) in [5.41, 5.74) is 0. The maximum atomic E-state index is 9.13. The second kappa shape index (κ2) is 5.58. The number of aliphatic hydroxyl groups is 1. The fraction of sp³-hybridized carbons (Fsp3) is 0.727. The van der Waals surface area contributed by atoms with Crippen LogP contribution in [0, 0.1) is 5.92 Å². The van der Waals surface area contributed by atoms with Crippen molar-refractivity contribution in [3.05, 3.63) is 16.6 Å². The first-order valence-electron chi connectivity index (χ1n) is 5.63. The minimum Gasteiger partial charge on any atom is -0.396 e. The zero-order valence-electron chi connectivity index (χ0n) is 8.85. The molecule has 2 heterocycles. The Labute approximate surface area is 94.5 Å². The smallest absolute Gasteiger partial charge is 0.0959 e. The van der Waals surface area contributed by atoms with Gasteiger partial charge in [-0.3, -0.25) is 0 Å². The number of nitrogens with zero attached hydrogens (tertiary/aromatic N) is 1. The molecule has 1 aromatic heterocycles. The van der Waals surface area contributed by atoms with E-state index >= 15 is 0 Å². The summed E-state index contributed by atoms with van der Waals surface area (Å²) in [7, 11) is 0. The highest BCUT2D eigenvalue weighted by atomic mass is 32.1. The van der Waals surface area contributed by atoms with Crippen LogP contribution in [0.2, 0.25) is 0 Å². The van der Waals surface area contributed by atoms with E-state index in [4.69, 9.17) is 5.11 Å². The summed E-state index contributed by atoms with van der Waals surface area (Å²) in [5, 5.41) is 15.7. The average molecular weight is 226 g/mol. The van der Waals surface area contributed by atoms with Crippen LogP contribution in [0.5, 0.6) is 0 Å². The summed E-state index contributed by atoms with van der Waals surface area (Å²) in [5.74, 6) is 1.17. The Morgan fingerprint density at radius 2 is 2.33 bits per heavy atom. The van der Waals surface area contributed by atoms with Crippen molar-refractivity contribution in [2.24, 2.45) is 5.92 Å². The third kappa shape index (κ3) is 2.77. The highest BCUT2D eigenvalue weighted by molar-refractivity contribution is 7.09. The molecule has 2 rings (SSSR count). The van der Waals surface area contributed by atoms with Gasteiger partial charge in [-0.15, -0.1) is 11.3 Å². The SMILES string of the molecule is OCCC(c1nccs1)C1CCNCC1. The summed E-state index contributed by atoms with van der Waals surface area (Å²) in [6, 6.07) is 0. The topological polar surface area (TPSA) is 45.2 Å². The zero-order valence-corrected chi connectivity index (χ0v) is 9.67. The molecular weight excluding hydrogens is 208 g/mol. The Morgan fingerprint density at radius 1 is 1.53 bits per heavy atom. The second-order valence-corrected chi connectivity index (χ2v) is 5.00. The summed E-state index contributed by atoms with van der Waals surface area (Å²) in [6.07, 6.45) is 5.15. The maximum Gasteiger partial charge on any atom is 0.0959 e. The van der Waals surface area contributed by atoms with E-state index in [1.54, 1.807) is 11.3 Å². The van der Waals surface area contributed by atoms with Crippen LogP contribution in [0.4, 0.5) is 0 Å². The van der Waals surface area contributed by atoms with E-state index in [-0.39, 0.29) is 6.61 Å². The minimum absolute atomic E-state index is 0.272. The van der Waals surface area contributed by atoms with Crippen LogP contribution in [-0.2, 0) is 0 Å². The van der Waals surface area contributed by atoms with Crippen molar-refractivity contribution >= 4 is 11.3 Å². The fourth-order valence-corrected chi connectivity index (χ4v) is 3.23. The average Bonchev–Trinajstić information content (AvgIpc) is 2.80. The molecule has 1 unspecified atom stereocenters. The molecule has 1 fully saturated rings. The third-order valence-corrected chi connectivity index (χ3v) is 4.07. The van der Waals surface area contributed by atoms with Crippen LogP contribution >= 0.6 is 11.3 Å². The van der Waals surface area contributed by atoms with Crippen LogP contribution in [0.25, 0.3) is 0 Å². The number of rotatable bonds is 4. The lowest BCUT2D eigenvalue weighted by molar-refractivity contribution is 0.233. The van der Waals surface area contributed by atoms with Gasteiger partial charge in [-0.2, -0.15) is 0 Å². The molecule has 84 valence electrons. The standard InChI is InChI=1S/C11H18N2OS/c14-7-3-10(11-13-6-8-15-11)9-1-4-12-5-2-9/h6,8-10,12,14H,1-5,7H2. The van der Waals surface area contributed by atoms with E-state index < -0.39 is 0 Å². The van der Waals surface area contributed by atoms with Crippen molar-refractivity contribution in [1.29, 1.82) is 0 Å². The largest absolute Gasteiger partial charge is 0.396 e. The first-order chi connectivity index (χ1) is 7.42. The summed E-state index contributed by atoms with van der Waals surface area (Å²) >= 11 is 1.72. The molecule has 2 N–H and O–H groups in total. The highest BCUT2D eigenvalue weighted by Crippen LogP contribution is 2.34. The number of hydrogen-bond acceptors (Lipinski definition) is 4. The van der Waals surface area contributed by atoms with Crippen LogP contribution in [0.3, 0.4) is 0 Å². The number of piperidine rings is 1. The van der Waals surface area contributed by atoms with Gasteiger partial charge in [-0.05, 0) is 38.3 Å². The van der Waals surface area contributed by atoms with Crippen molar-refractivity contribution in [1.82, 2.24) is 10.3 Å². The Morgan fingerprint density at radius 3 is 2.93 bits per heavy atom. The van der Waals surface area contributed by atoms with Crippen molar-refractivity contribution in [2.45, 2.75) is 25.2 Å². The maximum absolute atomic E-state index is 9.13. The molecule has 1 saturated heterocycles. The molecule has 15 heavy (non-hydrogen) atoms. The number of aromatic nitrogens is 1. The molecule has 0 bridgehead atoms. The molecule has 3 nitrogen and oxygen atoms in total. The molecule has 1 aliphatic rings. The van der Waals surface area contributed by atoms with E-state index in [1.165, 1.54) is 17.8 Å². The van der Waals surface area contributed by atoms with Gasteiger partial charge in [0.05, 0.1) is 5.01 Å². The van der Waals surface area contributed by atoms with Crippen molar-refractivity contribution in [3.63, 3.8) is 0 Å². The van der Waals surface area contributed by atoms with Crippen molar-refractivity contribution < 1.29 is 5.11 Å². The highest BCUT2D eigenvalue weighted by Gasteiger charge is 2.26. The molecule has 1 aliphatic heterocycles. The van der Waals surface area contributed by atoms with Crippen LogP contribution in [0.1, 0.15) is 30.2 Å². The molecular formula is C11H18N2OS. The zero-order chi connectivity index (χ0) is 10.5. The minimum atomic E-state index is 0.272. The van der Waals surface area contributed by atoms with E-state index in [2.05, 4.69) is 10.3 Å². The second-order valence-electron chi connectivity index (χ2n) is 4.08. The molecule has 1 atom stereocenters. The molecule has 4 heteroatoms. The predicted molar refractivity (Wildman–Crippen MR) is 62.2 cm³/mol. The van der Waals surface area contributed by atoms with Gasteiger partial charge < -0.3 is 10.4 Å². The molecule has 0 amide bonds.